The number of nitrogens with zero attached hydrogens (tertiary/aromatic N) is 5. The third-order valence-corrected chi connectivity index (χ3v) is 5.13. The normalized spacial score (nSPS) is 14.9. The van der Waals surface area contributed by atoms with Gasteiger partial charge >= 0.3 is 0 Å². The maximum Gasteiger partial charge on any atom is 0.180 e. The van der Waals surface area contributed by atoms with Gasteiger partial charge in [-0.3, -0.25) is 0 Å². The molecule has 0 aliphatic carbocycles. The van der Waals surface area contributed by atoms with E-state index >= 15 is 0 Å². The van der Waals surface area contributed by atoms with Gasteiger partial charge in [0.15, 0.2) is 10.9 Å². The van der Waals surface area contributed by atoms with E-state index in [-0.39, 0.29) is 0 Å². The fourth-order valence-electron chi connectivity index (χ4n) is 3.05. The van der Waals surface area contributed by atoms with E-state index in [1.807, 2.05) is 12.3 Å². The molecule has 1 aromatic carbocycles. The van der Waals surface area contributed by atoms with E-state index in [0.29, 0.717) is 5.13 Å². The van der Waals surface area contributed by atoms with Gasteiger partial charge in [-0.2, -0.15) is 0 Å². The maximum absolute atomic E-state index is 5.77. The van der Waals surface area contributed by atoms with E-state index in [2.05, 4.69) is 51.2 Å². The Hall–Kier alpha value is -2.41. The molecule has 0 atom stereocenters. The van der Waals surface area contributed by atoms with Gasteiger partial charge in [0.05, 0.1) is 16.1 Å². The summed E-state index contributed by atoms with van der Waals surface area (Å²) in [6, 6.07) is 6.24. The van der Waals surface area contributed by atoms with Gasteiger partial charge in [0.2, 0.25) is 0 Å². The molecular formula is C16H18N6S. The third-order valence-electron chi connectivity index (χ3n) is 4.25. The van der Waals surface area contributed by atoms with E-state index in [4.69, 9.17) is 5.73 Å². The van der Waals surface area contributed by atoms with Crippen LogP contribution in [0.15, 0.2) is 24.4 Å². The largest absolute Gasteiger partial charge is 0.375 e. The number of fused-ring (bicyclic) bond motifs is 3. The summed E-state index contributed by atoms with van der Waals surface area (Å²) in [6.07, 6.45) is 2.93. The van der Waals surface area contributed by atoms with Gasteiger partial charge in [-0.15, -0.1) is 10.2 Å². The fraction of sp³-hybridized carbons (Fsp3) is 0.312. The molecule has 0 bridgehead atoms. The predicted octanol–water partition coefficient (Wildman–Crippen LogP) is 2.61. The van der Waals surface area contributed by atoms with Gasteiger partial charge in [0, 0.05) is 38.8 Å². The fourth-order valence-corrected chi connectivity index (χ4v) is 3.73. The van der Waals surface area contributed by atoms with Crippen molar-refractivity contribution in [3.63, 3.8) is 0 Å². The van der Waals surface area contributed by atoms with Crippen LogP contribution in [0.2, 0.25) is 0 Å². The molecule has 1 aliphatic rings. The minimum atomic E-state index is 0.587. The van der Waals surface area contributed by atoms with Crippen LogP contribution in [0.4, 0.5) is 16.6 Å². The summed E-state index contributed by atoms with van der Waals surface area (Å²) in [5.74, 6) is 0.943. The monoisotopic (exact) mass is 326 g/mol. The summed E-state index contributed by atoms with van der Waals surface area (Å²) in [5.41, 5.74) is 8.94. The number of rotatable bonds is 1. The quantitative estimate of drug-likeness (QED) is 0.741. The Kier molecular flexibility index (Phi) is 3.30. The highest BCUT2D eigenvalue weighted by Crippen LogP contribution is 2.37. The van der Waals surface area contributed by atoms with Crippen LogP contribution >= 0.6 is 11.3 Å². The number of hydrogen-bond acceptors (Lipinski definition) is 7. The molecule has 3 aromatic rings. The van der Waals surface area contributed by atoms with Crippen LogP contribution in [0.3, 0.4) is 0 Å². The maximum atomic E-state index is 5.77. The van der Waals surface area contributed by atoms with Gasteiger partial charge in [-0.25, -0.2) is 4.98 Å². The van der Waals surface area contributed by atoms with Crippen molar-refractivity contribution in [1.29, 1.82) is 0 Å². The van der Waals surface area contributed by atoms with Crippen molar-refractivity contribution in [3.05, 3.63) is 24.4 Å². The molecule has 2 N–H and O–H groups in total. The van der Waals surface area contributed by atoms with E-state index in [1.54, 1.807) is 0 Å². The van der Waals surface area contributed by atoms with Gasteiger partial charge in [-0.1, -0.05) is 17.4 Å². The first-order chi connectivity index (χ1) is 11.1. The molecule has 0 saturated carbocycles. The van der Waals surface area contributed by atoms with Crippen molar-refractivity contribution in [2.45, 2.75) is 6.42 Å². The molecule has 118 valence electrons. The van der Waals surface area contributed by atoms with Crippen LogP contribution in [0.5, 0.6) is 0 Å². The number of thiazole rings is 1. The van der Waals surface area contributed by atoms with E-state index < -0.39 is 0 Å². The molecule has 0 spiro atoms. The highest BCUT2D eigenvalue weighted by Gasteiger charge is 2.21. The standard InChI is InChI=1S/C16H18N6S/c1-21-6-3-7-22(2)15-14(21)11-8-10(4-5-12(11)19-20-15)13-9-18-16(17)23-13/h4-5,8-9H,3,6-7H2,1-2H3,(H2,17,18). The van der Waals surface area contributed by atoms with Crippen LogP contribution in [-0.2, 0) is 0 Å². The highest BCUT2D eigenvalue weighted by molar-refractivity contribution is 7.18. The lowest BCUT2D eigenvalue weighted by molar-refractivity contribution is 0.786. The molecule has 4 rings (SSSR count). The van der Waals surface area contributed by atoms with E-state index in [0.717, 1.165) is 52.4 Å². The lowest BCUT2D eigenvalue weighted by atomic mass is 10.1. The first-order valence-corrected chi connectivity index (χ1v) is 8.39. The van der Waals surface area contributed by atoms with Crippen LogP contribution in [0, 0.1) is 0 Å². The molecule has 0 unspecified atom stereocenters. The van der Waals surface area contributed by atoms with Gasteiger partial charge in [0.25, 0.3) is 0 Å². The zero-order valence-electron chi connectivity index (χ0n) is 13.2. The molecule has 7 heteroatoms. The number of nitrogens with two attached hydrogens (primary N) is 1. The van der Waals surface area contributed by atoms with Gasteiger partial charge < -0.3 is 15.5 Å². The van der Waals surface area contributed by atoms with Crippen LogP contribution in [0.1, 0.15) is 6.42 Å². The van der Waals surface area contributed by atoms with Crippen LogP contribution in [0.25, 0.3) is 21.3 Å². The molecule has 6 nitrogen and oxygen atoms in total. The summed E-state index contributed by atoms with van der Waals surface area (Å²) >= 11 is 1.50. The third kappa shape index (κ3) is 2.37. The zero-order chi connectivity index (χ0) is 16.0. The second kappa shape index (κ2) is 5.34. The molecule has 0 amide bonds. The van der Waals surface area contributed by atoms with Crippen molar-refractivity contribution in [2.24, 2.45) is 0 Å². The first kappa shape index (κ1) is 14.2. The van der Waals surface area contributed by atoms with Crippen molar-refractivity contribution in [2.75, 3.05) is 42.7 Å². The number of nitrogen functional groups attached to an aromatic ring is 1. The first-order valence-electron chi connectivity index (χ1n) is 7.58. The molecule has 3 heterocycles. The Balaban J connectivity index is 1.96. The second-order valence-electron chi connectivity index (χ2n) is 5.86. The topological polar surface area (TPSA) is 71.2 Å². The highest BCUT2D eigenvalue weighted by atomic mass is 32.1. The summed E-state index contributed by atoms with van der Waals surface area (Å²) in [5, 5.41) is 10.6. The summed E-state index contributed by atoms with van der Waals surface area (Å²) in [6.45, 7) is 2.00. The molecule has 0 radical (unpaired) electrons. The summed E-state index contributed by atoms with van der Waals surface area (Å²) < 4.78 is 0. The van der Waals surface area contributed by atoms with Crippen molar-refractivity contribution < 1.29 is 0 Å². The zero-order valence-corrected chi connectivity index (χ0v) is 14.0. The molecule has 0 saturated heterocycles. The SMILES string of the molecule is CN1CCCN(C)c2c1nnc1ccc(-c3cnc(N)s3)cc21. The van der Waals surface area contributed by atoms with Crippen molar-refractivity contribution in [3.8, 4) is 10.4 Å². The van der Waals surface area contributed by atoms with Crippen LogP contribution in [-0.4, -0.2) is 42.4 Å². The Morgan fingerprint density at radius 1 is 1.13 bits per heavy atom. The van der Waals surface area contributed by atoms with E-state index in [1.165, 1.54) is 11.3 Å². The lowest BCUT2D eigenvalue weighted by Gasteiger charge is -2.22. The number of anilines is 3. The average molecular weight is 326 g/mol. The van der Waals surface area contributed by atoms with Crippen molar-refractivity contribution >= 4 is 38.9 Å². The predicted molar refractivity (Wildman–Crippen MR) is 96.2 cm³/mol. The number of benzene rings is 1. The molecular weight excluding hydrogens is 308 g/mol. The average Bonchev–Trinajstić information content (AvgIpc) is 2.93. The van der Waals surface area contributed by atoms with Gasteiger partial charge in [0.1, 0.15) is 0 Å². The lowest BCUT2D eigenvalue weighted by Crippen LogP contribution is -2.19. The minimum Gasteiger partial charge on any atom is -0.375 e. The Bertz CT molecular complexity index is 874. The molecule has 1 aliphatic heterocycles. The minimum absolute atomic E-state index is 0.587. The molecule has 0 fully saturated rings. The number of aromatic nitrogens is 3. The smallest absolute Gasteiger partial charge is 0.180 e. The summed E-state index contributed by atoms with van der Waals surface area (Å²) in [7, 11) is 4.20. The summed E-state index contributed by atoms with van der Waals surface area (Å²) in [4.78, 5) is 9.68. The van der Waals surface area contributed by atoms with E-state index in [9.17, 15) is 0 Å². The number of hydrogen-bond donors (Lipinski definition) is 1. The Morgan fingerprint density at radius 3 is 2.74 bits per heavy atom. The van der Waals surface area contributed by atoms with Crippen molar-refractivity contribution in [1.82, 2.24) is 15.2 Å². The molecule has 23 heavy (non-hydrogen) atoms. The molecule has 2 aromatic heterocycles. The Labute approximate surface area is 138 Å². The Morgan fingerprint density at radius 2 is 1.96 bits per heavy atom. The van der Waals surface area contributed by atoms with Gasteiger partial charge in [-0.05, 0) is 24.1 Å². The van der Waals surface area contributed by atoms with Crippen LogP contribution < -0.4 is 15.5 Å². The second-order valence-corrected chi connectivity index (χ2v) is 6.93.